The second-order valence-corrected chi connectivity index (χ2v) is 13.5. The summed E-state index contributed by atoms with van der Waals surface area (Å²) in [5.74, 6) is 0. The molecule has 0 fully saturated rings. The molecule has 6 heteroatoms. The fraction of sp³-hybridized carbons (Fsp3) is 0.226. The van der Waals surface area contributed by atoms with E-state index in [0.29, 0.717) is 0 Å². The third-order valence-corrected chi connectivity index (χ3v) is 9.36. The van der Waals surface area contributed by atoms with Gasteiger partial charge in [0.2, 0.25) is 0 Å². The van der Waals surface area contributed by atoms with Crippen LogP contribution in [0.25, 0.3) is 62.2 Å². The molecule has 0 saturated carbocycles. The molecule has 0 radical (unpaired) electrons. The second kappa shape index (κ2) is 10.6. The van der Waals surface area contributed by atoms with Gasteiger partial charge in [0.25, 0.3) is 0 Å². The van der Waals surface area contributed by atoms with Crippen LogP contribution in [0.2, 0.25) is 0 Å². The van der Waals surface area contributed by atoms with Crippen molar-refractivity contribution in [1.29, 1.82) is 0 Å². The Labute approximate surface area is 239 Å². The van der Waals surface area contributed by atoms with Crippen LogP contribution in [0.4, 0.5) is 0 Å². The smallest absolute Gasteiger partial charge is 0.180 e. The highest BCUT2D eigenvalue weighted by molar-refractivity contribution is 7.26. The van der Waals surface area contributed by atoms with E-state index < -0.39 is 4.30 Å². The fourth-order valence-electron chi connectivity index (χ4n) is 5.47. The average Bonchev–Trinajstić information content (AvgIpc) is 3.53. The quantitative estimate of drug-likeness (QED) is 0.140. The Morgan fingerprint density at radius 2 is 1.08 bits per heavy atom. The summed E-state index contributed by atoms with van der Waals surface area (Å²) in [6, 6.07) is 27.5. The van der Waals surface area contributed by atoms with E-state index in [0.717, 1.165) is 6.54 Å². The minimum Gasteiger partial charge on any atom is -0.340 e. The van der Waals surface area contributed by atoms with Gasteiger partial charge in [-0.3, -0.25) is 0 Å². The van der Waals surface area contributed by atoms with Crippen molar-refractivity contribution < 1.29 is 0 Å². The van der Waals surface area contributed by atoms with E-state index in [1.54, 1.807) is 0 Å². The lowest BCUT2D eigenvalue weighted by Gasteiger charge is -2.08. The van der Waals surface area contributed by atoms with Gasteiger partial charge < -0.3 is 4.57 Å². The summed E-state index contributed by atoms with van der Waals surface area (Å²) in [6.07, 6.45) is 5.12. The van der Waals surface area contributed by atoms with Crippen molar-refractivity contribution in [2.24, 2.45) is 0 Å². The van der Waals surface area contributed by atoms with Crippen molar-refractivity contribution in [3.05, 3.63) is 72.8 Å². The number of aromatic nitrogens is 1. The molecule has 0 amide bonds. The van der Waals surface area contributed by atoms with Crippen molar-refractivity contribution >= 4 is 120 Å². The van der Waals surface area contributed by atoms with Gasteiger partial charge in [-0.2, -0.15) is 0 Å². The standard InChI is InChI=1S/C30H25NS2.CHCl3/c1-2-3-4-9-14-31-25-15-23-19-10-5-7-12-27(19)32-29(23)17-21(25)22-18-30-24(16-26(22)31)20-11-6-8-13-28(20)33-30;2-1(3)4/h5-8,10-13,15-18H,2-4,9,14H2,1H3;1H. The van der Waals surface area contributed by atoms with Crippen LogP contribution in [-0.2, 0) is 6.54 Å². The van der Waals surface area contributed by atoms with Gasteiger partial charge in [-0.25, -0.2) is 0 Å². The maximum Gasteiger partial charge on any atom is 0.180 e. The van der Waals surface area contributed by atoms with E-state index >= 15 is 0 Å². The van der Waals surface area contributed by atoms with Crippen LogP contribution < -0.4 is 0 Å². The summed E-state index contributed by atoms with van der Waals surface area (Å²) >= 11 is 18.3. The zero-order valence-corrected chi connectivity index (χ0v) is 24.3. The summed E-state index contributed by atoms with van der Waals surface area (Å²) in [4.78, 5) is 0. The van der Waals surface area contributed by atoms with Gasteiger partial charge in [-0.15, -0.1) is 22.7 Å². The number of unbranched alkanes of at least 4 members (excludes halogenated alkanes) is 3. The molecule has 188 valence electrons. The van der Waals surface area contributed by atoms with Gasteiger partial charge in [-0.1, -0.05) is 97.4 Å². The SMILES string of the molecule is CCCCCCn1c2cc3c(cc2c2cc4sc5ccccc5c4cc21)sc1ccccc13.ClC(Cl)Cl. The molecule has 0 spiro atoms. The topological polar surface area (TPSA) is 4.93 Å². The normalized spacial score (nSPS) is 12.0. The Kier molecular flexibility index (Phi) is 7.26. The number of hydrogen-bond acceptors (Lipinski definition) is 2. The third-order valence-electron chi connectivity index (χ3n) is 7.10. The Morgan fingerprint density at radius 3 is 1.57 bits per heavy atom. The molecule has 37 heavy (non-hydrogen) atoms. The minimum atomic E-state index is -0.750. The molecular formula is C31H26Cl3NS2. The molecule has 1 nitrogen and oxygen atoms in total. The number of fused-ring (bicyclic) bond motifs is 9. The van der Waals surface area contributed by atoms with Gasteiger partial charge in [0.1, 0.15) is 0 Å². The van der Waals surface area contributed by atoms with Crippen LogP contribution in [0.1, 0.15) is 32.6 Å². The third kappa shape index (κ3) is 4.70. The first-order chi connectivity index (χ1) is 18.0. The molecule has 0 aliphatic carbocycles. The van der Waals surface area contributed by atoms with Gasteiger partial charge in [0.05, 0.1) is 0 Å². The maximum atomic E-state index is 4.81. The van der Waals surface area contributed by atoms with E-state index in [1.165, 1.54) is 87.8 Å². The number of rotatable bonds is 5. The maximum absolute atomic E-state index is 4.81. The van der Waals surface area contributed by atoms with Gasteiger partial charge in [0.15, 0.2) is 4.30 Å². The lowest BCUT2D eigenvalue weighted by Crippen LogP contribution is -1.97. The van der Waals surface area contributed by atoms with Crippen LogP contribution in [0.3, 0.4) is 0 Å². The summed E-state index contributed by atoms with van der Waals surface area (Å²) in [6.45, 7) is 3.37. The molecule has 0 aliphatic rings. The molecular weight excluding hydrogens is 557 g/mol. The monoisotopic (exact) mass is 581 g/mol. The summed E-state index contributed by atoms with van der Waals surface area (Å²) in [5.41, 5.74) is 2.78. The average molecular weight is 583 g/mol. The molecule has 7 aromatic rings. The lowest BCUT2D eigenvalue weighted by molar-refractivity contribution is 0.602. The number of aryl methyl sites for hydroxylation is 1. The lowest BCUT2D eigenvalue weighted by atomic mass is 10.1. The van der Waals surface area contributed by atoms with E-state index in [1.807, 2.05) is 22.7 Å². The molecule has 4 aromatic carbocycles. The van der Waals surface area contributed by atoms with E-state index in [-0.39, 0.29) is 0 Å². The van der Waals surface area contributed by atoms with Crippen molar-refractivity contribution in [2.45, 2.75) is 43.4 Å². The number of halogens is 3. The van der Waals surface area contributed by atoms with E-state index in [2.05, 4.69) is 84.3 Å². The van der Waals surface area contributed by atoms with Crippen LogP contribution in [0, 0.1) is 0 Å². The van der Waals surface area contributed by atoms with Crippen LogP contribution in [0.5, 0.6) is 0 Å². The van der Waals surface area contributed by atoms with Gasteiger partial charge >= 0.3 is 0 Å². The first kappa shape index (κ1) is 25.3. The van der Waals surface area contributed by atoms with E-state index in [9.17, 15) is 0 Å². The zero-order valence-electron chi connectivity index (χ0n) is 20.4. The molecule has 0 N–H and O–H groups in total. The van der Waals surface area contributed by atoms with Crippen molar-refractivity contribution in [3.8, 4) is 0 Å². The van der Waals surface area contributed by atoms with Gasteiger partial charge in [-0.05, 0) is 42.8 Å². The number of nitrogens with zero attached hydrogens (tertiary/aromatic N) is 1. The number of alkyl halides is 3. The van der Waals surface area contributed by atoms with Crippen LogP contribution >= 0.6 is 57.5 Å². The second-order valence-electron chi connectivity index (χ2n) is 9.39. The first-order valence-electron chi connectivity index (χ1n) is 12.7. The fourth-order valence-corrected chi connectivity index (χ4v) is 7.72. The number of benzene rings is 4. The molecule has 0 atom stereocenters. The highest BCUT2D eigenvalue weighted by atomic mass is 35.6. The predicted molar refractivity (Wildman–Crippen MR) is 171 cm³/mol. The largest absolute Gasteiger partial charge is 0.340 e. The van der Waals surface area contributed by atoms with Crippen LogP contribution in [0.15, 0.2) is 72.8 Å². The zero-order chi connectivity index (χ0) is 25.5. The Bertz CT molecular complexity index is 1750. The molecule has 7 rings (SSSR count). The number of thiophene rings is 2. The molecule has 0 saturated heterocycles. The molecule has 0 aliphatic heterocycles. The predicted octanol–water partition coefficient (Wildman–Crippen LogP) is 12.1. The summed E-state index contributed by atoms with van der Waals surface area (Å²) in [5, 5.41) is 8.36. The van der Waals surface area contributed by atoms with Crippen molar-refractivity contribution in [1.82, 2.24) is 4.57 Å². The van der Waals surface area contributed by atoms with Crippen molar-refractivity contribution in [3.63, 3.8) is 0 Å². The first-order valence-corrected chi connectivity index (χ1v) is 15.6. The minimum absolute atomic E-state index is 0.750. The Hall–Kier alpha value is -2.01. The highest BCUT2D eigenvalue weighted by Gasteiger charge is 2.16. The molecule has 0 unspecified atom stereocenters. The summed E-state index contributed by atoms with van der Waals surface area (Å²) < 4.78 is 7.41. The molecule has 3 heterocycles. The number of hydrogen-bond donors (Lipinski definition) is 0. The highest BCUT2D eigenvalue weighted by Crippen LogP contribution is 2.43. The molecule has 3 aromatic heterocycles. The Morgan fingerprint density at radius 1 is 0.595 bits per heavy atom. The molecule has 0 bridgehead atoms. The summed E-state index contributed by atoms with van der Waals surface area (Å²) in [7, 11) is 0. The van der Waals surface area contributed by atoms with E-state index in [4.69, 9.17) is 34.8 Å². The van der Waals surface area contributed by atoms with Gasteiger partial charge in [0, 0.05) is 68.7 Å². The Balaban J connectivity index is 0.000000590. The van der Waals surface area contributed by atoms with Crippen LogP contribution in [-0.4, -0.2) is 8.86 Å². The van der Waals surface area contributed by atoms with Crippen molar-refractivity contribution in [2.75, 3.05) is 0 Å².